The number of halogens is 3. The minimum absolute atomic E-state index is 0.0450. The Morgan fingerprint density at radius 3 is 2.39 bits per heavy atom. The van der Waals surface area contributed by atoms with Crippen LogP contribution in [0.3, 0.4) is 0 Å². The van der Waals surface area contributed by atoms with Gasteiger partial charge in [0.25, 0.3) is 0 Å². The molecule has 0 saturated heterocycles. The van der Waals surface area contributed by atoms with Gasteiger partial charge in [0.05, 0.1) is 10.7 Å². The topological polar surface area (TPSA) is 58.5 Å². The maximum absolute atomic E-state index is 13.8. The van der Waals surface area contributed by atoms with Crippen molar-refractivity contribution in [3.63, 3.8) is 0 Å². The van der Waals surface area contributed by atoms with Crippen LogP contribution in [0.2, 0.25) is 10.0 Å². The normalized spacial score (nSPS) is 22.9. The van der Waals surface area contributed by atoms with E-state index in [1.54, 1.807) is 31.2 Å². The van der Waals surface area contributed by atoms with Crippen LogP contribution in [-0.4, -0.2) is 14.1 Å². The molecule has 0 unspecified atom stereocenters. The summed E-state index contributed by atoms with van der Waals surface area (Å²) in [6.07, 6.45) is 0. The van der Waals surface area contributed by atoms with E-state index >= 15 is 0 Å². The lowest BCUT2D eigenvalue weighted by molar-refractivity contribution is 0.553. The second-order valence-electron chi connectivity index (χ2n) is 5.28. The molecule has 0 spiro atoms. The van der Waals surface area contributed by atoms with Crippen LogP contribution in [-0.2, 0) is 15.7 Å². The molecule has 1 aliphatic rings. The van der Waals surface area contributed by atoms with E-state index in [1.807, 2.05) is 0 Å². The highest BCUT2D eigenvalue weighted by molar-refractivity contribution is 7.88. The largest absolute Gasteiger partial charge is 0.321 e. The van der Waals surface area contributed by atoms with Crippen LogP contribution in [0.5, 0.6) is 0 Å². The molecule has 120 valence electrons. The zero-order valence-corrected chi connectivity index (χ0v) is 14.2. The van der Waals surface area contributed by atoms with Crippen LogP contribution < -0.4 is 4.72 Å². The van der Waals surface area contributed by atoms with Gasteiger partial charge < -0.3 is 0 Å². The molecule has 0 aliphatic carbocycles. The summed E-state index contributed by atoms with van der Waals surface area (Å²) in [5, 5.41) is 0.477. The van der Waals surface area contributed by atoms with Gasteiger partial charge in [0.15, 0.2) is 0 Å². The Labute approximate surface area is 143 Å². The van der Waals surface area contributed by atoms with Gasteiger partial charge in [-0.2, -0.15) is 17.5 Å². The van der Waals surface area contributed by atoms with Gasteiger partial charge in [-0.3, -0.25) is 0 Å². The SMILES string of the molecule is C[C@@]1(c2ccc(Cl)cc2)NS(=O)(=O)N=C1c1ccc(Cl)c(F)c1. The van der Waals surface area contributed by atoms with E-state index in [1.165, 1.54) is 12.1 Å². The second kappa shape index (κ2) is 5.56. The summed E-state index contributed by atoms with van der Waals surface area (Å²) in [6, 6.07) is 10.7. The van der Waals surface area contributed by atoms with Crippen molar-refractivity contribution in [3.8, 4) is 0 Å². The molecule has 0 saturated carbocycles. The number of hydrogen-bond donors (Lipinski definition) is 1. The predicted molar refractivity (Wildman–Crippen MR) is 88.8 cm³/mol. The van der Waals surface area contributed by atoms with Crippen molar-refractivity contribution in [1.82, 2.24) is 4.72 Å². The third-order valence-corrected chi connectivity index (χ3v) is 5.28. The highest BCUT2D eigenvalue weighted by atomic mass is 35.5. The lowest BCUT2D eigenvalue weighted by atomic mass is 9.84. The Hall–Kier alpha value is -1.47. The minimum Gasteiger partial charge on any atom is -0.205 e. The van der Waals surface area contributed by atoms with Crippen molar-refractivity contribution in [3.05, 3.63) is 69.5 Å². The zero-order chi connectivity index (χ0) is 16.8. The highest BCUT2D eigenvalue weighted by Gasteiger charge is 2.43. The molecule has 4 nitrogen and oxygen atoms in total. The van der Waals surface area contributed by atoms with Crippen LogP contribution in [0, 0.1) is 5.82 Å². The summed E-state index contributed by atoms with van der Waals surface area (Å²) >= 11 is 11.6. The first kappa shape index (κ1) is 16.4. The highest BCUT2D eigenvalue weighted by Crippen LogP contribution is 2.33. The molecule has 8 heteroatoms. The molecule has 0 aromatic heterocycles. The first-order chi connectivity index (χ1) is 10.7. The van der Waals surface area contributed by atoms with Crippen LogP contribution >= 0.6 is 23.2 Å². The minimum atomic E-state index is -3.88. The van der Waals surface area contributed by atoms with E-state index in [9.17, 15) is 12.8 Å². The molecule has 23 heavy (non-hydrogen) atoms. The molecule has 2 aromatic rings. The molecule has 2 aromatic carbocycles. The molecule has 0 bridgehead atoms. The molecule has 3 rings (SSSR count). The van der Waals surface area contributed by atoms with E-state index < -0.39 is 21.6 Å². The van der Waals surface area contributed by atoms with Gasteiger partial charge in [0.1, 0.15) is 11.4 Å². The van der Waals surface area contributed by atoms with Crippen LogP contribution in [0.15, 0.2) is 46.9 Å². The average Bonchev–Trinajstić information content (AvgIpc) is 2.73. The van der Waals surface area contributed by atoms with E-state index in [0.29, 0.717) is 16.1 Å². The number of rotatable bonds is 2. The molecule has 1 N–H and O–H groups in total. The molecular formula is C15H11Cl2FN2O2S. The van der Waals surface area contributed by atoms with Crippen LogP contribution in [0.1, 0.15) is 18.1 Å². The Morgan fingerprint density at radius 2 is 1.78 bits per heavy atom. The summed E-state index contributed by atoms with van der Waals surface area (Å²) in [4.78, 5) is 0. The lowest BCUT2D eigenvalue weighted by Crippen LogP contribution is -2.43. The fourth-order valence-electron chi connectivity index (χ4n) is 2.50. The average molecular weight is 373 g/mol. The number of nitrogens with zero attached hydrogens (tertiary/aromatic N) is 1. The third kappa shape index (κ3) is 2.99. The van der Waals surface area contributed by atoms with E-state index in [-0.39, 0.29) is 10.7 Å². The molecule has 1 aliphatic heterocycles. The molecule has 1 heterocycles. The van der Waals surface area contributed by atoms with Crippen LogP contribution in [0.4, 0.5) is 4.39 Å². The summed E-state index contributed by atoms with van der Waals surface area (Å²) in [5.41, 5.74) is 0.0225. The molecular weight excluding hydrogens is 362 g/mol. The van der Waals surface area contributed by atoms with Crippen molar-refractivity contribution in [2.45, 2.75) is 12.5 Å². The van der Waals surface area contributed by atoms with Crippen molar-refractivity contribution in [2.75, 3.05) is 0 Å². The third-order valence-electron chi connectivity index (χ3n) is 3.63. The Balaban J connectivity index is 2.18. The van der Waals surface area contributed by atoms with Gasteiger partial charge in [0.2, 0.25) is 0 Å². The fraction of sp³-hybridized carbons (Fsp3) is 0.133. The summed E-state index contributed by atoms with van der Waals surface area (Å²) in [6.45, 7) is 1.66. The van der Waals surface area contributed by atoms with Crippen molar-refractivity contribution in [1.29, 1.82) is 0 Å². The van der Waals surface area contributed by atoms with Gasteiger partial charge >= 0.3 is 10.2 Å². The van der Waals surface area contributed by atoms with E-state index in [4.69, 9.17) is 23.2 Å². The summed E-state index contributed by atoms with van der Waals surface area (Å²) in [7, 11) is -3.88. The van der Waals surface area contributed by atoms with Gasteiger partial charge in [0, 0.05) is 10.6 Å². The first-order valence-electron chi connectivity index (χ1n) is 6.57. The van der Waals surface area contributed by atoms with Gasteiger partial charge in [-0.05, 0) is 36.8 Å². The maximum Gasteiger partial charge on any atom is 0.321 e. The number of nitrogens with one attached hydrogen (secondary N) is 1. The van der Waals surface area contributed by atoms with Crippen molar-refractivity contribution >= 4 is 39.1 Å². The van der Waals surface area contributed by atoms with E-state index in [0.717, 1.165) is 6.07 Å². The van der Waals surface area contributed by atoms with Gasteiger partial charge in [-0.15, -0.1) is 0 Å². The van der Waals surface area contributed by atoms with Crippen molar-refractivity contribution in [2.24, 2.45) is 4.40 Å². The molecule has 0 fully saturated rings. The quantitative estimate of drug-likeness (QED) is 0.873. The smallest absolute Gasteiger partial charge is 0.205 e. The monoisotopic (exact) mass is 372 g/mol. The Kier molecular flexibility index (Phi) is 3.96. The van der Waals surface area contributed by atoms with E-state index in [2.05, 4.69) is 9.12 Å². The molecule has 1 atom stereocenters. The first-order valence-corrected chi connectivity index (χ1v) is 8.77. The predicted octanol–water partition coefficient (Wildman–Crippen LogP) is 3.69. The number of benzene rings is 2. The molecule has 0 amide bonds. The van der Waals surface area contributed by atoms with Gasteiger partial charge in [-0.1, -0.05) is 41.4 Å². The Bertz CT molecular complexity index is 914. The lowest BCUT2D eigenvalue weighted by Gasteiger charge is -2.26. The summed E-state index contributed by atoms with van der Waals surface area (Å²) in [5.74, 6) is -0.644. The Morgan fingerprint density at radius 1 is 1.13 bits per heavy atom. The standard InChI is InChI=1S/C15H11Cl2FN2O2S/c1-15(10-3-5-11(16)6-4-10)14(19-23(21,22)20-15)9-2-7-12(17)13(18)8-9/h2-8,20H,1H3/t15-/m0/s1. The van der Waals surface area contributed by atoms with Gasteiger partial charge in [-0.25, -0.2) is 4.39 Å². The maximum atomic E-state index is 13.8. The second-order valence-corrected chi connectivity index (χ2v) is 7.46. The zero-order valence-electron chi connectivity index (χ0n) is 11.8. The number of hydrogen-bond acceptors (Lipinski definition) is 2. The van der Waals surface area contributed by atoms with Crippen molar-refractivity contribution < 1.29 is 12.8 Å². The summed E-state index contributed by atoms with van der Waals surface area (Å²) < 4.78 is 44.0. The fourth-order valence-corrected chi connectivity index (χ4v) is 4.05. The molecule has 0 radical (unpaired) electrons. The van der Waals surface area contributed by atoms with Crippen LogP contribution in [0.25, 0.3) is 0 Å².